The number of amides is 3. The summed E-state index contributed by atoms with van der Waals surface area (Å²) in [6.45, 7) is 0.318. The van der Waals surface area contributed by atoms with Gasteiger partial charge in [-0.1, -0.05) is 23.7 Å². The first-order valence-corrected chi connectivity index (χ1v) is 10.1. The van der Waals surface area contributed by atoms with Crippen molar-refractivity contribution in [1.82, 2.24) is 9.80 Å². The van der Waals surface area contributed by atoms with Gasteiger partial charge in [-0.15, -0.1) is 0 Å². The molecule has 0 spiro atoms. The molecule has 0 saturated carbocycles. The molecule has 2 fully saturated rings. The van der Waals surface area contributed by atoms with E-state index in [0.717, 1.165) is 35.1 Å². The molecule has 1 atom stereocenters. The third-order valence-corrected chi connectivity index (χ3v) is 5.86. The average Bonchev–Trinajstić information content (AvgIpc) is 2.94. The largest absolute Gasteiger partial charge is 0.480 e. The summed E-state index contributed by atoms with van der Waals surface area (Å²) in [6.07, 6.45) is 3.46. The maximum Gasteiger partial charge on any atom is 0.326 e. The van der Waals surface area contributed by atoms with Gasteiger partial charge < -0.3 is 10.0 Å². The smallest absolute Gasteiger partial charge is 0.326 e. The van der Waals surface area contributed by atoms with Crippen molar-refractivity contribution in [2.24, 2.45) is 0 Å². The van der Waals surface area contributed by atoms with Crippen molar-refractivity contribution in [3.63, 3.8) is 0 Å². The van der Waals surface area contributed by atoms with Crippen LogP contribution in [0.25, 0.3) is 6.08 Å². The second kappa shape index (κ2) is 8.79. The van der Waals surface area contributed by atoms with Gasteiger partial charge in [-0.2, -0.15) is 0 Å². The van der Waals surface area contributed by atoms with Crippen molar-refractivity contribution in [3.8, 4) is 0 Å². The second-order valence-corrected chi connectivity index (χ2v) is 8.00. The van der Waals surface area contributed by atoms with E-state index in [1.807, 2.05) is 0 Å². The molecule has 1 N–H and O–H groups in total. The van der Waals surface area contributed by atoms with Crippen LogP contribution in [0.1, 0.15) is 31.2 Å². The molecule has 2 aliphatic rings. The Kier molecular flexibility index (Phi) is 6.41. The van der Waals surface area contributed by atoms with Gasteiger partial charge in [-0.3, -0.25) is 19.3 Å². The summed E-state index contributed by atoms with van der Waals surface area (Å²) in [5.74, 6) is -1.83. The van der Waals surface area contributed by atoms with E-state index in [2.05, 4.69) is 0 Å². The van der Waals surface area contributed by atoms with Crippen LogP contribution in [-0.2, 0) is 14.4 Å². The van der Waals surface area contributed by atoms with Gasteiger partial charge in [0.1, 0.15) is 6.04 Å². The van der Waals surface area contributed by atoms with Crippen LogP contribution >= 0.6 is 23.4 Å². The number of imide groups is 1. The predicted octanol–water partition coefficient (Wildman–Crippen LogP) is 3.23. The SMILES string of the molecule is O=C(O)C1CCCCN1C(=O)CCN1C(=O)SC(=Cc2ccc(Cl)cc2)C1=O. The van der Waals surface area contributed by atoms with Crippen LogP contribution in [0.5, 0.6) is 0 Å². The Morgan fingerprint density at radius 2 is 1.93 bits per heavy atom. The first-order valence-electron chi connectivity index (χ1n) is 8.90. The molecule has 3 rings (SSSR count). The van der Waals surface area contributed by atoms with Crippen LogP contribution in [0.2, 0.25) is 5.02 Å². The lowest BCUT2D eigenvalue weighted by Crippen LogP contribution is -2.48. The standard InChI is InChI=1S/C19H19ClN2O5S/c20-13-6-4-12(5-7-13)11-15-17(24)22(19(27)28-15)10-8-16(23)21-9-2-1-3-14(21)18(25)26/h4-7,11,14H,1-3,8-10H2,(H,25,26). The number of halogens is 1. The van der Waals surface area contributed by atoms with Crippen LogP contribution < -0.4 is 0 Å². The van der Waals surface area contributed by atoms with Gasteiger partial charge in [0.15, 0.2) is 0 Å². The van der Waals surface area contributed by atoms with Crippen LogP contribution in [-0.4, -0.2) is 57.1 Å². The van der Waals surface area contributed by atoms with E-state index < -0.39 is 23.2 Å². The molecule has 148 valence electrons. The van der Waals surface area contributed by atoms with Crippen LogP contribution in [0.15, 0.2) is 29.2 Å². The first-order chi connectivity index (χ1) is 13.4. The Bertz CT molecular complexity index is 839. The van der Waals surface area contributed by atoms with Gasteiger partial charge in [0, 0.05) is 24.5 Å². The Hall–Kier alpha value is -2.32. The lowest BCUT2D eigenvalue weighted by molar-refractivity contribution is -0.152. The Morgan fingerprint density at radius 3 is 2.61 bits per heavy atom. The Balaban J connectivity index is 1.63. The molecular weight excluding hydrogens is 404 g/mol. The number of carboxylic acid groups (broad SMARTS) is 1. The zero-order valence-corrected chi connectivity index (χ0v) is 16.5. The monoisotopic (exact) mass is 422 g/mol. The maximum atomic E-state index is 12.5. The normalized spacial score (nSPS) is 21.5. The van der Waals surface area contributed by atoms with Gasteiger partial charge in [0.05, 0.1) is 4.91 Å². The summed E-state index contributed by atoms with van der Waals surface area (Å²) < 4.78 is 0. The van der Waals surface area contributed by atoms with E-state index in [0.29, 0.717) is 18.0 Å². The van der Waals surface area contributed by atoms with Crippen molar-refractivity contribution >= 4 is 52.5 Å². The van der Waals surface area contributed by atoms with Gasteiger partial charge in [-0.05, 0) is 54.8 Å². The molecular formula is C19H19ClN2O5S. The van der Waals surface area contributed by atoms with Crippen LogP contribution in [0.4, 0.5) is 4.79 Å². The van der Waals surface area contributed by atoms with Crippen molar-refractivity contribution in [2.45, 2.75) is 31.7 Å². The zero-order chi connectivity index (χ0) is 20.3. The van der Waals surface area contributed by atoms with Gasteiger partial charge in [-0.25, -0.2) is 4.79 Å². The molecule has 1 aromatic rings. The van der Waals surface area contributed by atoms with Crippen molar-refractivity contribution in [2.75, 3.05) is 13.1 Å². The number of likely N-dealkylation sites (tertiary alicyclic amines) is 1. The van der Waals surface area contributed by atoms with Gasteiger partial charge >= 0.3 is 5.97 Å². The number of aliphatic carboxylic acids is 1. The fraction of sp³-hybridized carbons (Fsp3) is 0.368. The van der Waals surface area contributed by atoms with Gasteiger partial charge in [0.25, 0.3) is 11.1 Å². The average molecular weight is 423 g/mol. The van der Waals surface area contributed by atoms with E-state index >= 15 is 0 Å². The number of carbonyl (C=O) groups excluding carboxylic acids is 3. The number of hydrogen-bond donors (Lipinski definition) is 1. The van der Waals surface area contributed by atoms with Crippen LogP contribution in [0.3, 0.4) is 0 Å². The number of thioether (sulfide) groups is 1. The van der Waals surface area contributed by atoms with Crippen LogP contribution in [0, 0.1) is 0 Å². The molecule has 0 aromatic heterocycles. The fourth-order valence-corrected chi connectivity index (χ4v) is 4.23. The Labute approximate surface area is 171 Å². The van der Waals surface area contributed by atoms with Crippen molar-refractivity contribution in [1.29, 1.82) is 0 Å². The molecule has 7 nitrogen and oxygen atoms in total. The van der Waals surface area contributed by atoms with Crippen molar-refractivity contribution < 1.29 is 24.3 Å². The number of rotatable bonds is 5. The first kappa shape index (κ1) is 20.4. The van der Waals surface area contributed by atoms with E-state index in [1.165, 1.54) is 4.90 Å². The van der Waals surface area contributed by atoms with E-state index in [1.54, 1.807) is 30.3 Å². The quantitative estimate of drug-likeness (QED) is 0.732. The number of benzene rings is 1. The highest BCUT2D eigenvalue weighted by Crippen LogP contribution is 2.32. The maximum absolute atomic E-state index is 12.5. The third-order valence-electron chi connectivity index (χ3n) is 4.70. The third kappa shape index (κ3) is 4.56. The lowest BCUT2D eigenvalue weighted by Gasteiger charge is -2.33. The van der Waals surface area contributed by atoms with Crippen molar-refractivity contribution in [3.05, 3.63) is 39.8 Å². The summed E-state index contributed by atoms with van der Waals surface area (Å²) in [7, 11) is 0. The predicted molar refractivity (Wildman–Crippen MR) is 106 cm³/mol. The number of nitrogens with zero attached hydrogens (tertiary/aromatic N) is 2. The highest BCUT2D eigenvalue weighted by molar-refractivity contribution is 8.18. The molecule has 9 heteroatoms. The second-order valence-electron chi connectivity index (χ2n) is 6.57. The highest BCUT2D eigenvalue weighted by Gasteiger charge is 2.37. The summed E-state index contributed by atoms with van der Waals surface area (Å²) in [5, 5.41) is 9.41. The summed E-state index contributed by atoms with van der Waals surface area (Å²) in [6, 6.07) is 6.02. The number of carboxylic acids is 1. The number of hydrogen-bond acceptors (Lipinski definition) is 5. The van der Waals surface area contributed by atoms with E-state index in [4.69, 9.17) is 11.6 Å². The number of carbonyl (C=O) groups is 4. The van der Waals surface area contributed by atoms with E-state index in [9.17, 15) is 24.3 Å². The molecule has 1 aromatic carbocycles. The molecule has 0 radical (unpaired) electrons. The minimum Gasteiger partial charge on any atom is -0.480 e. The molecule has 2 heterocycles. The molecule has 0 bridgehead atoms. The molecule has 0 aliphatic carbocycles. The molecule has 2 aliphatic heterocycles. The number of piperidine rings is 1. The van der Waals surface area contributed by atoms with E-state index in [-0.39, 0.29) is 23.8 Å². The molecule has 3 amide bonds. The molecule has 1 unspecified atom stereocenters. The topological polar surface area (TPSA) is 95.0 Å². The Morgan fingerprint density at radius 1 is 1.21 bits per heavy atom. The minimum absolute atomic E-state index is 0.0652. The zero-order valence-electron chi connectivity index (χ0n) is 15.0. The highest BCUT2D eigenvalue weighted by atomic mass is 35.5. The fourth-order valence-electron chi connectivity index (χ4n) is 3.24. The lowest BCUT2D eigenvalue weighted by atomic mass is 10.0. The summed E-state index contributed by atoms with van der Waals surface area (Å²) in [5.41, 5.74) is 0.739. The molecule has 2 saturated heterocycles. The minimum atomic E-state index is -1.02. The summed E-state index contributed by atoms with van der Waals surface area (Å²) in [4.78, 5) is 51.2. The summed E-state index contributed by atoms with van der Waals surface area (Å²) >= 11 is 6.66. The molecule has 28 heavy (non-hydrogen) atoms. The van der Waals surface area contributed by atoms with Gasteiger partial charge in [0.2, 0.25) is 5.91 Å².